The fraction of sp³-hybridized carbons (Fsp3) is 0.182. The minimum Gasteiger partial charge on any atom is -0.497 e. The number of hydrogen-bond donors (Lipinski definition) is 1. The fourth-order valence-electron chi connectivity index (χ4n) is 3.00. The monoisotopic (exact) mass is 452 g/mol. The summed E-state index contributed by atoms with van der Waals surface area (Å²) in [7, 11) is 1.60. The molecule has 1 aromatic carbocycles. The molecule has 0 bridgehead atoms. The summed E-state index contributed by atoms with van der Waals surface area (Å²) in [6.07, 6.45) is 1.50. The molecule has 158 valence electrons. The molecule has 1 N–H and O–H groups in total. The Bertz CT molecular complexity index is 1240. The van der Waals surface area contributed by atoms with Crippen molar-refractivity contribution < 1.29 is 9.53 Å². The van der Waals surface area contributed by atoms with E-state index in [-0.39, 0.29) is 11.5 Å². The number of aryl methyl sites for hydroxylation is 1. The van der Waals surface area contributed by atoms with Crippen LogP contribution in [0.3, 0.4) is 0 Å². The third-order valence-corrected chi connectivity index (χ3v) is 6.83. The van der Waals surface area contributed by atoms with Gasteiger partial charge in [0.25, 0.3) is 11.5 Å². The minimum absolute atomic E-state index is 0.177. The predicted octanol–water partition coefficient (Wildman–Crippen LogP) is 3.84. The molecule has 0 saturated carbocycles. The molecule has 9 heteroatoms. The zero-order valence-electron chi connectivity index (χ0n) is 17.0. The molecule has 31 heavy (non-hydrogen) atoms. The summed E-state index contributed by atoms with van der Waals surface area (Å²) < 4.78 is 6.62. The Morgan fingerprint density at radius 1 is 1.23 bits per heavy atom. The summed E-state index contributed by atoms with van der Waals surface area (Å²) in [5, 5.41) is 5.69. The van der Waals surface area contributed by atoms with E-state index in [1.807, 2.05) is 48.7 Å². The summed E-state index contributed by atoms with van der Waals surface area (Å²) in [5.74, 6) is 0.556. The topological polar surface area (TPSA) is 86.1 Å². The lowest BCUT2D eigenvalue weighted by molar-refractivity contribution is 0.0955. The van der Waals surface area contributed by atoms with Crippen LogP contribution in [0, 0.1) is 6.92 Å². The Balaban J connectivity index is 1.38. The van der Waals surface area contributed by atoms with Crippen LogP contribution in [0.1, 0.15) is 15.4 Å². The van der Waals surface area contributed by atoms with Crippen LogP contribution in [0.15, 0.2) is 59.0 Å². The molecule has 0 fully saturated rings. The number of carbonyl (C=O) groups is 1. The van der Waals surface area contributed by atoms with E-state index in [0.717, 1.165) is 21.2 Å². The first-order valence-corrected chi connectivity index (χ1v) is 11.2. The van der Waals surface area contributed by atoms with Crippen molar-refractivity contribution in [3.63, 3.8) is 0 Å². The number of methoxy groups -OCH3 is 1. The molecule has 3 aromatic heterocycles. The maximum atomic E-state index is 12.6. The van der Waals surface area contributed by atoms with Crippen LogP contribution in [-0.2, 0) is 6.54 Å². The first-order valence-electron chi connectivity index (χ1n) is 9.55. The first kappa shape index (κ1) is 21.0. The Kier molecular flexibility index (Phi) is 6.24. The van der Waals surface area contributed by atoms with Crippen LogP contribution in [0.25, 0.3) is 21.1 Å². The normalized spacial score (nSPS) is 10.8. The molecule has 0 unspecified atom stereocenters. The molecule has 0 spiro atoms. The van der Waals surface area contributed by atoms with Gasteiger partial charge in [0.1, 0.15) is 15.6 Å². The Labute approximate surface area is 187 Å². The quantitative estimate of drug-likeness (QED) is 0.460. The van der Waals surface area contributed by atoms with Gasteiger partial charge in [-0.2, -0.15) is 0 Å². The van der Waals surface area contributed by atoms with Crippen molar-refractivity contribution >= 4 is 28.6 Å². The van der Waals surface area contributed by atoms with E-state index in [0.29, 0.717) is 29.4 Å². The third-order valence-electron chi connectivity index (χ3n) is 4.64. The number of ether oxygens (including phenoxy) is 1. The zero-order chi connectivity index (χ0) is 21.8. The van der Waals surface area contributed by atoms with Gasteiger partial charge in [0.05, 0.1) is 29.7 Å². The Morgan fingerprint density at radius 2 is 2.03 bits per heavy atom. The maximum Gasteiger partial charge on any atom is 0.263 e. The maximum absolute atomic E-state index is 12.6. The molecule has 7 nitrogen and oxygen atoms in total. The standard InChI is InChI=1S/C22H20N4O3S2/c1-14-20(31-22(25-14)18-4-3-11-30-18)21(28)23-9-10-26-13-24-17(12-19(26)27)15-5-7-16(29-2)8-6-15/h3-8,11-13H,9-10H2,1-2H3,(H,23,28). The summed E-state index contributed by atoms with van der Waals surface area (Å²) in [5.41, 5.74) is 1.95. The number of nitrogens with one attached hydrogen (secondary N) is 1. The Hall–Kier alpha value is -3.30. The molecule has 4 rings (SSSR count). The van der Waals surface area contributed by atoms with Gasteiger partial charge in [-0.3, -0.25) is 14.2 Å². The van der Waals surface area contributed by atoms with Gasteiger partial charge < -0.3 is 10.1 Å². The molecular weight excluding hydrogens is 432 g/mol. The van der Waals surface area contributed by atoms with E-state index in [2.05, 4.69) is 15.3 Å². The zero-order valence-corrected chi connectivity index (χ0v) is 18.6. The second kappa shape index (κ2) is 9.23. The van der Waals surface area contributed by atoms with E-state index >= 15 is 0 Å². The molecule has 0 radical (unpaired) electrons. The van der Waals surface area contributed by atoms with E-state index in [1.54, 1.807) is 18.4 Å². The number of nitrogens with zero attached hydrogens (tertiary/aromatic N) is 3. The van der Waals surface area contributed by atoms with E-state index in [1.165, 1.54) is 28.3 Å². The van der Waals surface area contributed by atoms with Gasteiger partial charge in [0.2, 0.25) is 0 Å². The van der Waals surface area contributed by atoms with E-state index < -0.39 is 0 Å². The average molecular weight is 453 g/mol. The number of thiazole rings is 1. The lowest BCUT2D eigenvalue weighted by atomic mass is 10.1. The number of aromatic nitrogens is 3. The number of amides is 1. The molecule has 0 saturated heterocycles. The lowest BCUT2D eigenvalue weighted by Gasteiger charge is -2.08. The van der Waals surface area contributed by atoms with Crippen molar-refractivity contribution in [2.45, 2.75) is 13.5 Å². The van der Waals surface area contributed by atoms with Crippen molar-refractivity contribution in [2.24, 2.45) is 0 Å². The van der Waals surface area contributed by atoms with E-state index in [4.69, 9.17) is 4.74 Å². The number of benzene rings is 1. The molecular formula is C22H20N4O3S2. The minimum atomic E-state index is -0.186. The van der Waals surface area contributed by atoms with Gasteiger partial charge in [0.15, 0.2) is 0 Å². The smallest absolute Gasteiger partial charge is 0.263 e. The van der Waals surface area contributed by atoms with Crippen LogP contribution < -0.4 is 15.6 Å². The molecule has 1 amide bonds. The highest BCUT2D eigenvalue weighted by molar-refractivity contribution is 7.22. The van der Waals surface area contributed by atoms with Gasteiger partial charge in [-0.1, -0.05) is 6.07 Å². The molecule has 0 aliphatic heterocycles. The molecule has 0 aliphatic carbocycles. The molecule has 0 atom stereocenters. The second-order valence-corrected chi connectivity index (χ2v) is 8.65. The number of carbonyl (C=O) groups excluding carboxylic acids is 1. The van der Waals surface area contributed by atoms with Crippen molar-refractivity contribution in [3.8, 4) is 26.9 Å². The summed E-state index contributed by atoms with van der Waals surface area (Å²) in [6, 6.07) is 12.8. The van der Waals surface area contributed by atoms with Gasteiger partial charge in [0, 0.05) is 24.7 Å². The third kappa shape index (κ3) is 4.73. The second-order valence-electron chi connectivity index (χ2n) is 6.70. The summed E-state index contributed by atoms with van der Waals surface area (Å²) in [4.78, 5) is 35.5. The van der Waals surface area contributed by atoms with Crippen LogP contribution in [0.4, 0.5) is 0 Å². The molecule has 4 aromatic rings. The van der Waals surface area contributed by atoms with Crippen LogP contribution >= 0.6 is 22.7 Å². The summed E-state index contributed by atoms with van der Waals surface area (Å²) >= 11 is 2.97. The van der Waals surface area contributed by atoms with Gasteiger partial charge in [-0.15, -0.1) is 22.7 Å². The van der Waals surface area contributed by atoms with Crippen molar-refractivity contribution in [2.75, 3.05) is 13.7 Å². The average Bonchev–Trinajstić information content (AvgIpc) is 3.44. The van der Waals surface area contributed by atoms with Crippen molar-refractivity contribution in [1.82, 2.24) is 19.9 Å². The fourth-order valence-corrected chi connectivity index (χ4v) is 4.78. The van der Waals surface area contributed by atoms with Crippen LogP contribution in [0.2, 0.25) is 0 Å². The van der Waals surface area contributed by atoms with Gasteiger partial charge >= 0.3 is 0 Å². The van der Waals surface area contributed by atoms with Crippen LogP contribution in [-0.4, -0.2) is 34.1 Å². The van der Waals surface area contributed by atoms with E-state index in [9.17, 15) is 9.59 Å². The highest BCUT2D eigenvalue weighted by Crippen LogP contribution is 2.30. The highest BCUT2D eigenvalue weighted by atomic mass is 32.1. The SMILES string of the molecule is COc1ccc(-c2cc(=O)n(CCNC(=O)c3sc(-c4cccs4)nc3C)cn2)cc1. The largest absolute Gasteiger partial charge is 0.497 e. The number of hydrogen-bond acceptors (Lipinski definition) is 7. The molecule has 0 aliphatic rings. The molecule has 3 heterocycles. The summed E-state index contributed by atoms with van der Waals surface area (Å²) in [6.45, 7) is 2.47. The Morgan fingerprint density at radius 3 is 2.71 bits per heavy atom. The van der Waals surface area contributed by atoms with Gasteiger partial charge in [-0.25, -0.2) is 9.97 Å². The van der Waals surface area contributed by atoms with Gasteiger partial charge in [-0.05, 0) is 42.6 Å². The number of thiophene rings is 1. The highest BCUT2D eigenvalue weighted by Gasteiger charge is 2.16. The van der Waals surface area contributed by atoms with Crippen molar-refractivity contribution in [3.05, 3.63) is 75.1 Å². The lowest BCUT2D eigenvalue weighted by Crippen LogP contribution is -2.30. The van der Waals surface area contributed by atoms with Crippen LogP contribution in [0.5, 0.6) is 5.75 Å². The first-order chi connectivity index (χ1) is 15.0. The van der Waals surface area contributed by atoms with Crippen molar-refractivity contribution in [1.29, 1.82) is 0 Å². The number of rotatable bonds is 7. The predicted molar refractivity (Wildman–Crippen MR) is 123 cm³/mol.